The molecule has 0 amide bonds. The lowest BCUT2D eigenvalue weighted by molar-refractivity contribution is 0.342. The highest BCUT2D eigenvalue weighted by molar-refractivity contribution is 5.31. The number of hydrogen-bond acceptors (Lipinski definition) is 2. The average molecular weight is 234 g/mol. The average Bonchev–Trinajstić information content (AvgIpc) is 2.32. The van der Waals surface area contributed by atoms with Crippen LogP contribution in [0.1, 0.15) is 36.6 Å². The summed E-state index contributed by atoms with van der Waals surface area (Å²) in [5.74, 6) is 0. The van der Waals surface area contributed by atoms with E-state index in [0.717, 1.165) is 19.6 Å². The van der Waals surface area contributed by atoms with Crippen LogP contribution in [0.5, 0.6) is 0 Å². The molecule has 1 N–H and O–H groups in total. The molecule has 96 valence electrons. The fraction of sp³-hybridized carbons (Fsp3) is 0.600. The summed E-state index contributed by atoms with van der Waals surface area (Å²) in [6, 6.07) is 7.15. The molecular weight excluding hydrogens is 208 g/mol. The quantitative estimate of drug-likeness (QED) is 0.814. The third-order valence-electron chi connectivity index (χ3n) is 3.51. The van der Waals surface area contributed by atoms with Gasteiger partial charge in [-0.3, -0.25) is 0 Å². The SMILES string of the molecule is CCN(C)CCNC(C)c1ccc(C)c(C)c1. The summed E-state index contributed by atoms with van der Waals surface area (Å²) >= 11 is 0. The molecule has 2 nitrogen and oxygen atoms in total. The third-order valence-corrected chi connectivity index (χ3v) is 3.51. The number of nitrogens with zero attached hydrogens (tertiary/aromatic N) is 1. The van der Waals surface area contributed by atoms with Gasteiger partial charge in [-0.1, -0.05) is 25.1 Å². The maximum atomic E-state index is 3.57. The number of aryl methyl sites for hydroxylation is 2. The summed E-state index contributed by atoms with van der Waals surface area (Å²) < 4.78 is 0. The molecule has 1 aromatic rings. The minimum absolute atomic E-state index is 0.430. The topological polar surface area (TPSA) is 15.3 Å². The fourth-order valence-corrected chi connectivity index (χ4v) is 1.78. The van der Waals surface area contributed by atoms with Crippen LogP contribution in [-0.2, 0) is 0 Å². The highest BCUT2D eigenvalue weighted by Gasteiger charge is 2.05. The zero-order chi connectivity index (χ0) is 12.8. The molecule has 0 aliphatic rings. The molecule has 0 aliphatic heterocycles. The van der Waals surface area contributed by atoms with Crippen LogP contribution in [-0.4, -0.2) is 31.6 Å². The molecule has 0 radical (unpaired) electrons. The van der Waals surface area contributed by atoms with Gasteiger partial charge in [-0.2, -0.15) is 0 Å². The van der Waals surface area contributed by atoms with E-state index >= 15 is 0 Å². The molecule has 0 bridgehead atoms. The van der Waals surface area contributed by atoms with E-state index in [-0.39, 0.29) is 0 Å². The predicted molar refractivity (Wildman–Crippen MR) is 75.5 cm³/mol. The summed E-state index contributed by atoms with van der Waals surface area (Å²) in [6.45, 7) is 12.0. The van der Waals surface area contributed by atoms with Crippen molar-refractivity contribution >= 4 is 0 Å². The number of likely N-dealkylation sites (N-methyl/N-ethyl adjacent to an activating group) is 1. The second kappa shape index (κ2) is 6.77. The van der Waals surface area contributed by atoms with Gasteiger partial charge in [-0.25, -0.2) is 0 Å². The lowest BCUT2D eigenvalue weighted by Gasteiger charge is -2.18. The molecule has 0 fully saturated rings. The zero-order valence-corrected chi connectivity index (χ0v) is 11.9. The van der Waals surface area contributed by atoms with Crippen LogP contribution in [0.2, 0.25) is 0 Å². The minimum Gasteiger partial charge on any atom is -0.309 e. The van der Waals surface area contributed by atoms with E-state index in [1.54, 1.807) is 0 Å². The Labute approximate surface area is 106 Å². The van der Waals surface area contributed by atoms with Crippen molar-refractivity contribution in [2.24, 2.45) is 0 Å². The van der Waals surface area contributed by atoms with Gasteiger partial charge in [-0.05, 0) is 51.1 Å². The van der Waals surface area contributed by atoms with Crippen molar-refractivity contribution in [1.82, 2.24) is 10.2 Å². The van der Waals surface area contributed by atoms with E-state index in [4.69, 9.17) is 0 Å². The van der Waals surface area contributed by atoms with Gasteiger partial charge in [0, 0.05) is 19.1 Å². The van der Waals surface area contributed by atoms with E-state index in [1.165, 1.54) is 16.7 Å². The highest BCUT2D eigenvalue weighted by atomic mass is 15.1. The normalized spacial score (nSPS) is 13.1. The van der Waals surface area contributed by atoms with Crippen LogP contribution in [0.25, 0.3) is 0 Å². The van der Waals surface area contributed by atoms with Gasteiger partial charge in [-0.15, -0.1) is 0 Å². The third kappa shape index (κ3) is 4.49. The van der Waals surface area contributed by atoms with E-state index < -0.39 is 0 Å². The van der Waals surface area contributed by atoms with Crippen molar-refractivity contribution < 1.29 is 0 Å². The Bertz CT molecular complexity index is 347. The molecule has 0 heterocycles. The van der Waals surface area contributed by atoms with Gasteiger partial charge in [0.15, 0.2) is 0 Å². The van der Waals surface area contributed by atoms with Crippen LogP contribution in [0.4, 0.5) is 0 Å². The number of rotatable bonds is 6. The van der Waals surface area contributed by atoms with Crippen molar-refractivity contribution in [3.8, 4) is 0 Å². The van der Waals surface area contributed by atoms with E-state index in [0.29, 0.717) is 6.04 Å². The number of nitrogens with one attached hydrogen (secondary N) is 1. The molecule has 0 spiro atoms. The van der Waals surface area contributed by atoms with Crippen LogP contribution >= 0.6 is 0 Å². The molecule has 0 aromatic heterocycles. The second-order valence-corrected chi connectivity index (χ2v) is 4.92. The zero-order valence-electron chi connectivity index (χ0n) is 11.9. The molecule has 1 aromatic carbocycles. The molecule has 1 rings (SSSR count). The summed E-state index contributed by atoms with van der Waals surface area (Å²) in [5, 5.41) is 3.57. The minimum atomic E-state index is 0.430. The van der Waals surface area contributed by atoms with Crippen LogP contribution < -0.4 is 5.32 Å². The maximum Gasteiger partial charge on any atom is 0.0292 e. The van der Waals surface area contributed by atoms with Gasteiger partial charge in [0.2, 0.25) is 0 Å². The Kier molecular flexibility index (Phi) is 5.66. The smallest absolute Gasteiger partial charge is 0.0292 e. The monoisotopic (exact) mass is 234 g/mol. The van der Waals surface area contributed by atoms with Gasteiger partial charge in [0.1, 0.15) is 0 Å². The molecule has 17 heavy (non-hydrogen) atoms. The standard InChI is InChI=1S/C15H26N2/c1-6-17(5)10-9-16-14(4)15-8-7-12(2)13(3)11-15/h7-8,11,14,16H,6,9-10H2,1-5H3. The van der Waals surface area contributed by atoms with Crippen LogP contribution in [0.15, 0.2) is 18.2 Å². The first-order chi connectivity index (χ1) is 8.04. The van der Waals surface area contributed by atoms with Gasteiger partial charge >= 0.3 is 0 Å². The Balaban J connectivity index is 2.46. The molecule has 0 saturated carbocycles. The highest BCUT2D eigenvalue weighted by Crippen LogP contribution is 2.16. The first kappa shape index (κ1) is 14.2. The van der Waals surface area contributed by atoms with Gasteiger partial charge < -0.3 is 10.2 Å². The van der Waals surface area contributed by atoms with Crippen LogP contribution in [0, 0.1) is 13.8 Å². The summed E-state index contributed by atoms with van der Waals surface area (Å²) in [6.07, 6.45) is 0. The predicted octanol–water partition coefficient (Wildman–Crippen LogP) is 2.91. The first-order valence-corrected chi connectivity index (χ1v) is 6.53. The fourth-order valence-electron chi connectivity index (χ4n) is 1.78. The van der Waals surface area contributed by atoms with Crippen molar-refractivity contribution in [1.29, 1.82) is 0 Å². The summed E-state index contributed by atoms with van der Waals surface area (Å²) in [4.78, 5) is 2.32. The molecule has 0 aliphatic carbocycles. The van der Waals surface area contributed by atoms with Gasteiger partial charge in [0.25, 0.3) is 0 Å². The van der Waals surface area contributed by atoms with Gasteiger partial charge in [0.05, 0.1) is 0 Å². The van der Waals surface area contributed by atoms with Crippen molar-refractivity contribution in [2.45, 2.75) is 33.7 Å². The van der Waals surface area contributed by atoms with E-state index in [1.807, 2.05) is 0 Å². The van der Waals surface area contributed by atoms with E-state index in [2.05, 4.69) is 63.2 Å². The second-order valence-electron chi connectivity index (χ2n) is 4.92. The largest absolute Gasteiger partial charge is 0.309 e. The Hall–Kier alpha value is -0.860. The Morgan fingerprint density at radius 2 is 1.94 bits per heavy atom. The van der Waals surface area contributed by atoms with E-state index in [9.17, 15) is 0 Å². The van der Waals surface area contributed by atoms with Crippen molar-refractivity contribution in [3.05, 3.63) is 34.9 Å². The summed E-state index contributed by atoms with van der Waals surface area (Å²) in [7, 11) is 2.16. The van der Waals surface area contributed by atoms with Crippen molar-refractivity contribution in [2.75, 3.05) is 26.7 Å². The molecule has 0 saturated heterocycles. The molecule has 2 heteroatoms. The molecular formula is C15H26N2. The number of benzene rings is 1. The Morgan fingerprint density at radius 3 is 2.53 bits per heavy atom. The lowest BCUT2D eigenvalue weighted by atomic mass is 10.0. The maximum absolute atomic E-state index is 3.57. The molecule has 1 unspecified atom stereocenters. The molecule has 1 atom stereocenters. The first-order valence-electron chi connectivity index (χ1n) is 6.53. The summed E-state index contributed by atoms with van der Waals surface area (Å²) in [5.41, 5.74) is 4.13. The number of hydrogen-bond donors (Lipinski definition) is 1. The Morgan fingerprint density at radius 1 is 1.24 bits per heavy atom. The van der Waals surface area contributed by atoms with Crippen LogP contribution in [0.3, 0.4) is 0 Å². The van der Waals surface area contributed by atoms with Crippen molar-refractivity contribution in [3.63, 3.8) is 0 Å². The lowest BCUT2D eigenvalue weighted by Crippen LogP contribution is -2.30.